The highest BCUT2D eigenvalue weighted by Crippen LogP contribution is 2.31. The lowest BCUT2D eigenvalue weighted by Crippen LogP contribution is -2.40. The topological polar surface area (TPSA) is 69.6 Å². The van der Waals surface area contributed by atoms with Crippen LogP contribution < -0.4 is 5.32 Å². The number of nitrogens with zero attached hydrogens (tertiary/aromatic N) is 1. The summed E-state index contributed by atoms with van der Waals surface area (Å²) in [5, 5.41) is 13.7. The lowest BCUT2D eigenvalue weighted by Gasteiger charge is -2.24. The SMILES string of the molecule is CC[C@@H](Nc1cccc(-c2cc(C)c(C(=O)N(C)C(C)C(=O)O)c(C)c2)c1)c1ccc(Cl)c(C)c1. The summed E-state index contributed by atoms with van der Waals surface area (Å²) in [7, 11) is 1.52. The number of carboxylic acid groups (broad SMARTS) is 1. The van der Waals surface area contributed by atoms with Crippen LogP contribution in [0.5, 0.6) is 0 Å². The Morgan fingerprint density at radius 1 is 0.971 bits per heavy atom. The fourth-order valence-corrected chi connectivity index (χ4v) is 4.40. The number of carbonyl (C=O) groups is 2. The van der Waals surface area contributed by atoms with Gasteiger partial charge in [-0.3, -0.25) is 4.79 Å². The van der Waals surface area contributed by atoms with Gasteiger partial charge < -0.3 is 15.3 Å². The van der Waals surface area contributed by atoms with Crippen LogP contribution in [0.1, 0.15) is 58.9 Å². The Hall–Kier alpha value is -3.31. The van der Waals surface area contributed by atoms with Crippen molar-refractivity contribution in [2.45, 2.75) is 53.1 Å². The van der Waals surface area contributed by atoms with Gasteiger partial charge in [-0.2, -0.15) is 0 Å². The number of benzene rings is 3. The predicted octanol–water partition coefficient (Wildman–Crippen LogP) is 7.04. The first kappa shape index (κ1) is 26.3. The predicted molar refractivity (Wildman–Crippen MR) is 143 cm³/mol. The van der Waals surface area contributed by atoms with E-state index in [1.54, 1.807) is 0 Å². The zero-order valence-electron chi connectivity index (χ0n) is 21.1. The molecule has 3 rings (SSSR count). The number of aryl methyl sites for hydroxylation is 3. The van der Waals surface area contributed by atoms with Crippen molar-refractivity contribution in [1.82, 2.24) is 4.90 Å². The number of rotatable bonds is 8. The van der Waals surface area contributed by atoms with Crippen molar-refractivity contribution in [3.63, 3.8) is 0 Å². The van der Waals surface area contributed by atoms with Crippen molar-refractivity contribution in [3.05, 3.63) is 87.4 Å². The highest BCUT2D eigenvalue weighted by molar-refractivity contribution is 6.31. The third-order valence-corrected chi connectivity index (χ3v) is 6.96. The zero-order chi connectivity index (χ0) is 25.9. The zero-order valence-corrected chi connectivity index (χ0v) is 21.9. The maximum Gasteiger partial charge on any atom is 0.326 e. The number of nitrogens with one attached hydrogen (secondary N) is 1. The second-order valence-corrected chi connectivity index (χ2v) is 9.52. The summed E-state index contributed by atoms with van der Waals surface area (Å²) in [5.41, 5.74) is 7.47. The molecular weight excluding hydrogens is 460 g/mol. The van der Waals surface area contributed by atoms with Crippen LogP contribution in [0.3, 0.4) is 0 Å². The monoisotopic (exact) mass is 492 g/mol. The normalized spacial score (nSPS) is 12.7. The first-order valence-electron chi connectivity index (χ1n) is 11.8. The molecule has 0 heterocycles. The van der Waals surface area contributed by atoms with Gasteiger partial charge in [0.2, 0.25) is 0 Å². The van der Waals surface area contributed by atoms with Gasteiger partial charge in [0.05, 0.1) is 6.04 Å². The molecule has 0 saturated heterocycles. The quantitative estimate of drug-likeness (QED) is 0.353. The van der Waals surface area contributed by atoms with Gasteiger partial charge in [0.1, 0.15) is 6.04 Å². The van der Waals surface area contributed by atoms with Crippen molar-refractivity contribution in [2.75, 3.05) is 12.4 Å². The van der Waals surface area contributed by atoms with E-state index < -0.39 is 12.0 Å². The van der Waals surface area contributed by atoms with Gasteiger partial charge in [0, 0.05) is 23.3 Å². The Morgan fingerprint density at radius 2 is 1.63 bits per heavy atom. The summed E-state index contributed by atoms with van der Waals surface area (Å²) in [5.74, 6) is -1.32. The van der Waals surface area contributed by atoms with Gasteiger partial charge in [0.25, 0.3) is 5.91 Å². The highest BCUT2D eigenvalue weighted by atomic mass is 35.5. The minimum atomic E-state index is -1.03. The van der Waals surface area contributed by atoms with Crippen LogP contribution in [0.4, 0.5) is 5.69 Å². The maximum absolute atomic E-state index is 13.0. The first-order valence-corrected chi connectivity index (χ1v) is 12.2. The fourth-order valence-electron chi connectivity index (χ4n) is 4.28. The van der Waals surface area contributed by atoms with Gasteiger partial charge >= 0.3 is 5.97 Å². The van der Waals surface area contributed by atoms with Crippen LogP contribution in [0.15, 0.2) is 54.6 Å². The Balaban J connectivity index is 1.89. The van der Waals surface area contributed by atoms with Crippen molar-refractivity contribution in [2.24, 2.45) is 0 Å². The Bertz CT molecular complexity index is 1230. The Morgan fingerprint density at radius 3 is 2.20 bits per heavy atom. The number of amides is 1. The fraction of sp³-hybridized carbons (Fsp3) is 0.310. The van der Waals surface area contributed by atoms with E-state index in [-0.39, 0.29) is 11.9 Å². The molecule has 5 nitrogen and oxygen atoms in total. The third kappa shape index (κ3) is 5.85. The van der Waals surface area contributed by atoms with Crippen LogP contribution >= 0.6 is 11.6 Å². The lowest BCUT2D eigenvalue weighted by atomic mass is 9.94. The molecule has 0 fully saturated rings. The van der Waals surface area contributed by atoms with Gasteiger partial charge in [-0.1, -0.05) is 54.9 Å². The van der Waals surface area contributed by atoms with E-state index >= 15 is 0 Å². The maximum atomic E-state index is 13.0. The number of hydrogen-bond donors (Lipinski definition) is 2. The molecule has 2 atom stereocenters. The molecule has 184 valence electrons. The molecule has 0 aromatic heterocycles. The molecule has 1 amide bonds. The third-order valence-electron chi connectivity index (χ3n) is 6.53. The van der Waals surface area contributed by atoms with E-state index in [2.05, 4.69) is 36.5 Å². The smallest absolute Gasteiger partial charge is 0.326 e. The highest BCUT2D eigenvalue weighted by Gasteiger charge is 2.25. The number of carboxylic acids is 1. The molecule has 0 bridgehead atoms. The first-order chi connectivity index (χ1) is 16.5. The van der Waals surface area contributed by atoms with Crippen molar-refractivity contribution in [3.8, 4) is 11.1 Å². The summed E-state index contributed by atoms with van der Waals surface area (Å²) in [6.45, 7) is 9.45. The molecule has 1 unspecified atom stereocenters. The Labute approximate surface area is 212 Å². The molecule has 0 aliphatic heterocycles. The summed E-state index contributed by atoms with van der Waals surface area (Å²) < 4.78 is 0. The molecule has 0 aliphatic rings. The Kier molecular flexibility index (Phi) is 8.23. The van der Waals surface area contributed by atoms with E-state index in [4.69, 9.17) is 11.6 Å². The molecule has 2 N–H and O–H groups in total. The minimum absolute atomic E-state index is 0.149. The standard InChI is InChI=1S/C29H33ClN2O3/c1-7-26(22-11-12-25(30)17(2)13-22)31-24-10-8-9-21(16-24)23-14-18(3)27(19(4)15-23)28(33)32(6)20(5)29(34)35/h8-16,20,26,31H,7H2,1-6H3,(H,34,35)/t20?,26-/m1/s1. The molecular formula is C29H33ClN2O3. The van der Waals surface area contributed by atoms with Crippen molar-refractivity contribution in [1.29, 1.82) is 0 Å². The van der Waals surface area contributed by atoms with Crippen LogP contribution in [0.2, 0.25) is 5.02 Å². The van der Waals surface area contributed by atoms with E-state index in [0.29, 0.717) is 5.56 Å². The largest absolute Gasteiger partial charge is 0.480 e. The van der Waals surface area contributed by atoms with Crippen molar-refractivity contribution >= 4 is 29.2 Å². The molecule has 0 saturated carbocycles. The van der Waals surface area contributed by atoms with Gasteiger partial charge in [0.15, 0.2) is 0 Å². The van der Waals surface area contributed by atoms with Gasteiger partial charge in [-0.15, -0.1) is 0 Å². The van der Waals surface area contributed by atoms with Crippen LogP contribution in [0, 0.1) is 20.8 Å². The van der Waals surface area contributed by atoms with Gasteiger partial charge in [-0.05, 0) is 85.7 Å². The molecule has 35 heavy (non-hydrogen) atoms. The number of carbonyl (C=O) groups excluding carboxylic acids is 1. The summed E-state index contributed by atoms with van der Waals surface area (Å²) >= 11 is 6.21. The van der Waals surface area contributed by atoms with E-state index in [9.17, 15) is 14.7 Å². The number of likely N-dealkylation sites (N-methyl/N-ethyl adjacent to an activating group) is 1. The average Bonchev–Trinajstić information content (AvgIpc) is 2.82. The van der Waals surface area contributed by atoms with E-state index in [1.807, 2.05) is 51.1 Å². The number of aliphatic carboxylic acids is 1. The second-order valence-electron chi connectivity index (χ2n) is 9.11. The van der Waals surface area contributed by atoms with Crippen molar-refractivity contribution < 1.29 is 14.7 Å². The summed E-state index contributed by atoms with van der Waals surface area (Å²) in [6, 6.07) is 17.6. The van der Waals surface area contributed by atoms with Crippen LogP contribution in [0.25, 0.3) is 11.1 Å². The average molecular weight is 493 g/mol. The molecule has 0 aliphatic carbocycles. The number of anilines is 1. The number of hydrogen-bond acceptors (Lipinski definition) is 3. The summed E-state index contributed by atoms with van der Waals surface area (Å²) in [6.07, 6.45) is 0.919. The molecule has 3 aromatic rings. The second kappa shape index (κ2) is 11.0. The minimum Gasteiger partial charge on any atom is -0.480 e. The lowest BCUT2D eigenvalue weighted by molar-refractivity contribution is -0.141. The van der Waals surface area contributed by atoms with Gasteiger partial charge in [-0.25, -0.2) is 4.79 Å². The molecule has 6 heteroatoms. The van der Waals surface area contributed by atoms with Crippen LogP contribution in [-0.2, 0) is 4.79 Å². The van der Waals surface area contributed by atoms with Crippen LogP contribution in [-0.4, -0.2) is 35.0 Å². The number of halogens is 1. The van der Waals surface area contributed by atoms with E-state index in [0.717, 1.165) is 44.9 Å². The summed E-state index contributed by atoms with van der Waals surface area (Å²) in [4.78, 5) is 25.6. The molecule has 3 aromatic carbocycles. The molecule has 0 spiro atoms. The molecule has 0 radical (unpaired) electrons. The van der Waals surface area contributed by atoms with E-state index in [1.165, 1.54) is 24.4 Å².